The Kier molecular flexibility index (Phi) is 4.81. The third kappa shape index (κ3) is 3.75. The van der Waals surface area contributed by atoms with Crippen molar-refractivity contribution in [2.75, 3.05) is 18.8 Å². The largest absolute Gasteiger partial charge is 0.399 e. The van der Waals surface area contributed by atoms with E-state index in [1.54, 1.807) is 18.3 Å². The van der Waals surface area contributed by atoms with Gasteiger partial charge in [0.2, 0.25) is 5.91 Å². The van der Waals surface area contributed by atoms with Gasteiger partial charge in [-0.15, -0.1) is 0 Å². The monoisotopic (exact) mass is 288 g/mol. The van der Waals surface area contributed by atoms with Gasteiger partial charge in [0.25, 0.3) is 5.91 Å². The molecule has 2 amide bonds. The van der Waals surface area contributed by atoms with Crippen LogP contribution in [-0.4, -0.2) is 29.9 Å². The molecule has 0 unspecified atom stereocenters. The highest BCUT2D eigenvalue weighted by molar-refractivity contribution is 6.07. The van der Waals surface area contributed by atoms with Crippen molar-refractivity contribution in [2.45, 2.75) is 19.8 Å². The Morgan fingerprint density at radius 1 is 1.24 bits per heavy atom. The molecule has 1 heterocycles. The standard InChI is InChI=1S/C15H20N4O2/c1-2-6-17-14(20)5-7-18-15(21)12-9-19-13-4-3-10(16)8-11(12)13/h3-4,8-9,19H,2,5-7,16H2,1H3,(H,17,20)(H,18,21). The van der Waals surface area contributed by atoms with Gasteiger partial charge in [-0.25, -0.2) is 0 Å². The van der Waals surface area contributed by atoms with Gasteiger partial charge in [-0.1, -0.05) is 6.92 Å². The van der Waals surface area contributed by atoms with Crippen LogP contribution >= 0.6 is 0 Å². The van der Waals surface area contributed by atoms with Crippen LogP contribution in [0, 0.1) is 0 Å². The molecule has 0 saturated heterocycles. The Balaban J connectivity index is 1.93. The van der Waals surface area contributed by atoms with Crippen molar-refractivity contribution in [3.8, 4) is 0 Å². The highest BCUT2D eigenvalue weighted by atomic mass is 16.2. The summed E-state index contributed by atoms with van der Waals surface area (Å²) in [6, 6.07) is 5.37. The summed E-state index contributed by atoms with van der Waals surface area (Å²) in [4.78, 5) is 26.6. The average molecular weight is 288 g/mol. The van der Waals surface area contributed by atoms with E-state index in [9.17, 15) is 9.59 Å². The fraction of sp³-hybridized carbons (Fsp3) is 0.333. The number of anilines is 1. The molecular weight excluding hydrogens is 268 g/mol. The van der Waals surface area contributed by atoms with Gasteiger partial charge in [-0.2, -0.15) is 0 Å². The summed E-state index contributed by atoms with van der Waals surface area (Å²) in [5, 5.41) is 6.29. The summed E-state index contributed by atoms with van der Waals surface area (Å²) >= 11 is 0. The summed E-state index contributed by atoms with van der Waals surface area (Å²) in [5.74, 6) is -0.268. The lowest BCUT2D eigenvalue weighted by molar-refractivity contribution is -0.120. The van der Waals surface area contributed by atoms with Crippen LogP contribution in [0.4, 0.5) is 5.69 Å². The van der Waals surface area contributed by atoms with Gasteiger partial charge in [0.15, 0.2) is 0 Å². The SMILES string of the molecule is CCCNC(=O)CCNC(=O)c1c[nH]c2ccc(N)cc12. The molecule has 0 aliphatic rings. The molecule has 1 aromatic carbocycles. The molecule has 0 aliphatic carbocycles. The Morgan fingerprint density at radius 2 is 2.05 bits per heavy atom. The molecule has 0 radical (unpaired) electrons. The molecule has 1 aromatic heterocycles. The van der Waals surface area contributed by atoms with Gasteiger partial charge in [0.05, 0.1) is 5.56 Å². The quantitative estimate of drug-likeness (QED) is 0.604. The second kappa shape index (κ2) is 6.78. The zero-order valence-corrected chi connectivity index (χ0v) is 12.0. The van der Waals surface area contributed by atoms with E-state index >= 15 is 0 Å². The van der Waals surface area contributed by atoms with Crippen LogP contribution in [0.5, 0.6) is 0 Å². The zero-order valence-electron chi connectivity index (χ0n) is 12.0. The normalized spacial score (nSPS) is 10.5. The molecular formula is C15H20N4O2. The topological polar surface area (TPSA) is 100 Å². The number of hydrogen-bond donors (Lipinski definition) is 4. The van der Waals surface area contributed by atoms with Gasteiger partial charge in [0.1, 0.15) is 0 Å². The lowest BCUT2D eigenvalue weighted by Gasteiger charge is -2.05. The van der Waals surface area contributed by atoms with Crippen LogP contribution in [0.15, 0.2) is 24.4 Å². The van der Waals surface area contributed by atoms with E-state index in [0.717, 1.165) is 17.3 Å². The molecule has 0 aliphatic heterocycles. The van der Waals surface area contributed by atoms with E-state index in [1.807, 2.05) is 13.0 Å². The molecule has 0 saturated carbocycles. The maximum atomic E-state index is 12.1. The Hall–Kier alpha value is -2.50. The first kappa shape index (κ1) is 14.9. The van der Waals surface area contributed by atoms with Crippen LogP contribution in [0.3, 0.4) is 0 Å². The van der Waals surface area contributed by atoms with Crippen molar-refractivity contribution in [1.82, 2.24) is 15.6 Å². The second-order valence-electron chi connectivity index (χ2n) is 4.86. The smallest absolute Gasteiger partial charge is 0.253 e. The van der Waals surface area contributed by atoms with Gasteiger partial charge in [-0.3, -0.25) is 9.59 Å². The van der Waals surface area contributed by atoms with Crippen molar-refractivity contribution >= 4 is 28.4 Å². The fourth-order valence-electron chi connectivity index (χ4n) is 2.06. The number of aromatic nitrogens is 1. The van der Waals surface area contributed by atoms with E-state index in [4.69, 9.17) is 5.73 Å². The molecule has 6 nitrogen and oxygen atoms in total. The Labute approximate surface area is 123 Å². The predicted octanol–water partition coefficient (Wildman–Crippen LogP) is 1.40. The van der Waals surface area contributed by atoms with E-state index in [2.05, 4.69) is 15.6 Å². The molecule has 5 N–H and O–H groups in total. The fourth-order valence-corrected chi connectivity index (χ4v) is 2.06. The van der Waals surface area contributed by atoms with Crippen LogP contribution in [0.2, 0.25) is 0 Å². The third-order valence-corrected chi connectivity index (χ3v) is 3.16. The number of aromatic amines is 1. The minimum Gasteiger partial charge on any atom is -0.399 e. The summed E-state index contributed by atoms with van der Waals surface area (Å²) in [7, 11) is 0. The lowest BCUT2D eigenvalue weighted by Crippen LogP contribution is -2.30. The maximum Gasteiger partial charge on any atom is 0.253 e. The predicted molar refractivity (Wildman–Crippen MR) is 83.0 cm³/mol. The van der Waals surface area contributed by atoms with Crippen molar-refractivity contribution in [2.24, 2.45) is 0 Å². The number of nitrogens with two attached hydrogens (primary N) is 1. The summed E-state index contributed by atoms with van der Waals surface area (Å²) in [6.45, 7) is 2.96. The molecule has 0 atom stereocenters. The molecule has 112 valence electrons. The molecule has 0 fully saturated rings. The van der Waals surface area contributed by atoms with Crippen LogP contribution in [-0.2, 0) is 4.79 Å². The lowest BCUT2D eigenvalue weighted by atomic mass is 10.1. The van der Waals surface area contributed by atoms with Crippen molar-refractivity contribution < 1.29 is 9.59 Å². The first-order valence-electron chi connectivity index (χ1n) is 7.03. The van der Waals surface area contributed by atoms with Crippen molar-refractivity contribution in [1.29, 1.82) is 0 Å². The molecule has 21 heavy (non-hydrogen) atoms. The number of rotatable bonds is 6. The number of nitrogen functional groups attached to an aromatic ring is 1. The van der Waals surface area contributed by atoms with Gasteiger partial charge >= 0.3 is 0 Å². The molecule has 2 aromatic rings. The molecule has 2 rings (SSSR count). The third-order valence-electron chi connectivity index (χ3n) is 3.16. The van der Waals surface area contributed by atoms with E-state index in [-0.39, 0.29) is 18.2 Å². The minimum absolute atomic E-state index is 0.0553. The van der Waals surface area contributed by atoms with Crippen LogP contribution in [0.1, 0.15) is 30.1 Å². The van der Waals surface area contributed by atoms with Crippen LogP contribution < -0.4 is 16.4 Å². The van der Waals surface area contributed by atoms with Gasteiger partial charge < -0.3 is 21.4 Å². The molecule has 6 heteroatoms. The second-order valence-corrected chi connectivity index (χ2v) is 4.86. The Morgan fingerprint density at radius 3 is 2.81 bits per heavy atom. The number of hydrogen-bond acceptors (Lipinski definition) is 3. The summed E-state index contributed by atoms with van der Waals surface area (Å²) < 4.78 is 0. The highest BCUT2D eigenvalue weighted by Gasteiger charge is 2.12. The van der Waals surface area contributed by atoms with E-state index in [0.29, 0.717) is 24.3 Å². The average Bonchev–Trinajstić information content (AvgIpc) is 2.88. The van der Waals surface area contributed by atoms with Crippen molar-refractivity contribution in [3.63, 3.8) is 0 Å². The Bertz CT molecular complexity index is 648. The molecule has 0 spiro atoms. The zero-order chi connectivity index (χ0) is 15.2. The van der Waals surface area contributed by atoms with Crippen LogP contribution in [0.25, 0.3) is 10.9 Å². The van der Waals surface area contributed by atoms with Crippen molar-refractivity contribution in [3.05, 3.63) is 30.0 Å². The number of fused-ring (bicyclic) bond motifs is 1. The summed E-state index contributed by atoms with van der Waals surface area (Å²) in [6.07, 6.45) is 2.82. The van der Waals surface area contributed by atoms with E-state index in [1.165, 1.54) is 0 Å². The van der Waals surface area contributed by atoms with E-state index < -0.39 is 0 Å². The first-order valence-corrected chi connectivity index (χ1v) is 7.03. The molecule has 0 bridgehead atoms. The number of nitrogens with one attached hydrogen (secondary N) is 3. The first-order chi connectivity index (χ1) is 10.1. The number of benzene rings is 1. The minimum atomic E-state index is -0.213. The highest BCUT2D eigenvalue weighted by Crippen LogP contribution is 2.20. The number of H-pyrrole nitrogens is 1. The summed E-state index contributed by atoms with van der Waals surface area (Å²) in [5.41, 5.74) is 7.74. The van der Waals surface area contributed by atoms with Gasteiger partial charge in [-0.05, 0) is 24.6 Å². The van der Waals surface area contributed by atoms with Gasteiger partial charge in [0, 0.05) is 42.3 Å². The maximum absolute atomic E-state index is 12.1. The number of carbonyl (C=O) groups is 2. The number of carbonyl (C=O) groups excluding carboxylic acids is 2. The number of amides is 2.